The molecular weight excluding hydrogens is 376 g/mol. The second-order valence-electron chi connectivity index (χ2n) is 7.10. The van der Waals surface area contributed by atoms with Crippen molar-refractivity contribution in [2.75, 3.05) is 25.5 Å². The Labute approximate surface area is 166 Å². The second-order valence-corrected chi connectivity index (χ2v) is 9.04. The van der Waals surface area contributed by atoms with Crippen LogP contribution in [0.15, 0.2) is 41.3 Å². The monoisotopic (exact) mass is 402 g/mol. The number of carbonyl (C=O) groups excluding carboxylic acids is 1. The maximum absolute atomic E-state index is 13.0. The molecule has 1 heterocycles. The minimum absolute atomic E-state index is 0.112. The summed E-state index contributed by atoms with van der Waals surface area (Å²) in [5.74, 6) is -0.0700. The summed E-state index contributed by atoms with van der Waals surface area (Å²) in [5.41, 5.74) is 2.91. The smallest absolute Gasteiger partial charge is 0.259 e. The number of piperidine rings is 1. The minimum Gasteiger partial charge on any atom is -0.496 e. The molecule has 2 aromatic rings. The van der Waals surface area contributed by atoms with E-state index in [0.717, 1.165) is 30.4 Å². The van der Waals surface area contributed by atoms with Crippen molar-refractivity contribution in [3.63, 3.8) is 0 Å². The number of nitrogens with zero attached hydrogens (tertiary/aromatic N) is 1. The molecule has 0 unspecified atom stereocenters. The van der Waals surface area contributed by atoms with Crippen LogP contribution in [0.3, 0.4) is 0 Å². The van der Waals surface area contributed by atoms with Gasteiger partial charge in [0.25, 0.3) is 5.91 Å². The lowest BCUT2D eigenvalue weighted by atomic mass is 10.1. The van der Waals surface area contributed by atoms with Crippen molar-refractivity contribution in [3.05, 3.63) is 53.1 Å². The number of benzene rings is 2. The highest BCUT2D eigenvalue weighted by molar-refractivity contribution is 7.89. The van der Waals surface area contributed by atoms with E-state index in [0.29, 0.717) is 24.5 Å². The second kappa shape index (κ2) is 8.32. The van der Waals surface area contributed by atoms with Gasteiger partial charge in [0.05, 0.1) is 17.6 Å². The number of anilines is 1. The number of methoxy groups -OCH3 is 1. The van der Waals surface area contributed by atoms with Crippen LogP contribution in [-0.4, -0.2) is 38.8 Å². The Morgan fingerprint density at radius 1 is 1.04 bits per heavy atom. The highest BCUT2D eigenvalue weighted by atomic mass is 32.2. The number of hydrogen-bond donors (Lipinski definition) is 1. The van der Waals surface area contributed by atoms with E-state index in [1.165, 1.54) is 29.6 Å². The third-order valence-electron chi connectivity index (χ3n) is 5.00. The molecule has 150 valence electrons. The van der Waals surface area contributed by atoms with Crippen molar-refractivity contribution in [3.8, 4) is 5.75 Å². The zero-order valence-corrected chi connectivity index (χ0v) is 17.3. The van der Waals surface area contributed by atoms with Crippen molar-refractivity contribution in [2.45, 2.75) is 38.0 Å². The minimum atomic E-state index is -3.63. The number of aryl methyl sites for hydroxylation is 2. The summed E-state index contributed by atoms with van der Waals surface area (Å²) in [4.78, 5) is 13.0. The maximum atomic E-state index is 13.0. The molecule has 0 spiro atoms. The van der Waals surface area contributed by atoms with Crippen LogP contribution < -0.4 is 10.1 Å². The standard InChI is InChI=1S/C21H26N2O4S/c1-15-7-9-19(16(2)13-15)22-21(24)18-14-17(8-10-20(18)27-3)28(25,26)23-11-5-4-6-12-23/h7-10,13-14H,4-6,11-12H2,1-3H3,(H,22,24). The quantitative estimate of drug-likeness (QED) is 0.827. The number of rotatable bonds is 5. The van der Waals surface area contributed by atoms with Gasteiger partial charge in [-0.3, -0.25) is 4.79 Å². The first-order chi connectivity index (χ1) is 13.3. The normalized spacial score (nSPS) is 15.2. The zero-order chi connectivity index (χ0) is 20.3. The Balaban J connectivity index is 1.93. The summed E-state index contributed by atoms with van der Waals surface area (Å²) in [6.45, 7) is 4.92. The van der Waals surface area contributed by atoms with Crippen LogP contribution in [0.1, 0.15) is 40.7 Å². The van der Waals surface area contributed by atoms with E-state index < -0.39 is 15.9 Å². The van der Waals surface area contributed by atoms with Gasteiger partial charge >= 0.3 is 0 Å². The molecule has 1 aliphatic heterocycles. The molecule has 0 saturated carbocycles. The van der Waals surface area contributed by atoms with Crippen LogP contribution in [0, 0.1) is 13.8 Å². The predicted octanol–water partition coefficient (Wildman–Crippen LogP) is 3.74. The Bertz CT molecular complexity index is 980. The third kappa shape index (κ3) is 4.20. The van der Waals surface area contributed by atoms with E-state index in [-0.39, 0.29) is 10.5 Å². The number of nitrogens with one attached hydrogen (secondary N) is 1. The van der Waals surface area contributed by atoms with E-state index in [1.807, 2.05) is 32.0 Å². The van der Waals surface area contributed by atoms with Gasteiger partial charge in [-0.05, 0) is 56.5 Å². The highest BCUT2D eigenvalue weighted by Crippen LogP contribution is 2.27. The fraction of sp³-hybridized carbons (Fsp3) is 0.381. The van der Waals surface area contributed by atoms with Gasteiger partial charge in [0, 0.05) is 18.8 Å². The molecule has 0 aliphatic carbocycles. The summed E-state index contributed by atoms with van der Waals surface area (Å²) >= 11 is 0. The molecule has 0 bridgehead atoms. The van der Waals surface area contributed by atoms with Gasteiger partial charge in [-0.25, -0.2) is 8.42 Å². The topological polar surface area (TPSA) is 75.7 Å². The molecule has 28 heavy (non-hydrogen) atoms. The lowest BCUT2D eigenvalue weighted by Crippen LogP contribution is -2.35. The average Bonchev–Trinajstić information content (AvgIpc) is 2.70. The third-order valence-corrected chi connectivity index (χ3v) is 6.89. The van der Waals surface area contributed by atoms with E-state index >= 15 is 0 Å². The van der Waals surface area contributed by atoms with Gasteiger partial charge in [0.2, 0.25) is 10.0 Å². The molecule has 1 N–H and O–H groups in total. The average molecular weight is 403 g/mol. The molecular formula is C21H26N2O4S. The number of hydrogen-bond acceptors (Lipinski definition) is 4. The van der Waals surface area contributed by atoms with Gasteiger partial charge in [-0.15, -0.1) is 0 Å². The first kappa shape index (κ1) is 20.4. The molecule has 1 amide bonds. The fourth-order valence-corrected chi connectivity index (χ4v) is 4.97. The molecule has 0 radical (unpaired) electrons. The van der Waals surface area contributed by atoms with E-state index in [2.05, 4.69) is 5.32 Å². The first-order valence-electron chi connectivity index (χ1n) is 9.40. The maximum Gasteiger partial charge on any atom is 0.259 e. The van der Waals surface area contributed by atoms with Crippen LogP contribution in [0.4, 0.5) is 5.69 Å². The Morgan fingerprint density at radius 3 is 2.39 bits per heavy atom. The summed E-state index contributed by atoms with van der Waals surface area (Å²) in [5, 5.41) is 2.86. The lowest BCUT2D eigenvalue weighted by molar-refractivity contribution is 0.102. The number of amides is 1. The summed E-state index contributed by atoms with van der Waals surface area (Å²) in [6, 6.07) is 10.2. The van der Waals surface area contributed by atoms with Gasteiger partial charge in [0.1, 0.15) is 5.75 Å². The van der Waals surface area contributed by atoms with Crippen LogP contribution >= 0.6 is 0 Å². The Morgan fingerprint density at radius 2 is 1.75 bits per heavy atom. The van der Waals surface area contributed by atoms with Crippen molar-refractivity contribution in [1.29, 1.82) is 0 Å². The van der Waals surface area contributed by atoms with Crippen molar-refractivity contribution in [2.24, 2.45) is 0 Å². The van der Waals surface area contributed by atoms with E-state index in [1.54, 1.807) is 0 Å². The van der Waals surface area contributed by atoms with Gasteiger partial charge in [-0.2, -0.15) is 4.31 Å². The molecule has 7 heteroatoms. The number of sulfonamides is 1. The predicted molar refractivity (Wildman–Crippen MR) is 109 cm³/mol. The van der Waals surface area contributed by atoms with Crippen LogP contribution in [0.2, 0.25) is 0 Å². The van der Waals surface area contributed by atoms with Crippen LogP contribution in [0.5, 0.6) is 5.75 Å². The number of carbonyl (C=O) groups is 1. The highest BCUT2D eigenvalue weighted by Gasteiger charge is 2.27. The lowest BCUT2D eigenvalue weighted by Gasteiger charge is -2.26. The molecule has 1 saturated heterocycles. The molecule has 3 rings (SSSR count). The van der Waals surface area contributed by atoms with Crippen molar-refractivity contribution in [1.82, 2.24) is 4.31 Å². The number of ether oxygens (including phenoxy) is 1. The van der Waals surface area contributed by atoms with E-state index in [9.17, 15) is 13.2 Å². The Kier molecular flexibility index (Phi) is 6.05. The largest absolute Gasteiger partial charge is 0.496 e. The van der Waals surface area contributed by atoms with Gasteiger partial charge in [-0.1, -0.05) is 24.1 Å². The fourth-order valence-electron chi connectivity index (χ4n) is 3.42. The Hall–Kier alpha value is -2.38. The summed E-state index contributed by atoms with van der Waals surface area (Å²) in [6.07, 6.45) is 2.75. The van der Waals surface area contributed by atoms with Crippen LogP contribution in [0.25, 0.3) is 0 Å². The molecule has 0 atom stereocenters. The first-order valence-corrected chi connectivity index (χ1v) is 10.8. The summed E-state index contributed by atoms with van der Waals surface area (Å²) < 4.78 is 32.7. The van der Waals surface area contributed by atoms with Crippen molar-refractivity contribution < 1.29 is 17.9 Å². The van der Waals surface area contributed by atoms with Gasteiger partial charge in [0.15, 0.2) is 0 Å². The molecule has 0 aromatic heterocycles. The zero-order valence-electron chi connectivity index (χ0n) is 16.5. The molecule has 1 aliphatic rings. The summed E-state index contributed by atoms with van der Waals surface area (Å²) in [7, 11) is -2.17. The SMILES string of the molecule is COc1ccc(S(=O)(=O)N2CCCCC2)cc1C(=O)Nc1ccc(C)cc1C. The van der Waals surface area contributed by atoms with Gasteiger partial charge < -0.3 is 10.1 Å². The van der Waals surface area contributed by atoms with Crippen molar-refractivity contribution >= 4 is 21.6 Å². The molecule has 6 nitrogen and oxygen atoms in total. The van der Waals surface area contributed by atoms with E-state index in [4.69, 9.17) is 4.74 Å². The molecule has 2 aromatic carbocycles. The van der Waals surface area contributed by atoms with Crippen LogP contribution in [-0.2, 0) is 10.0 Å². The molecule has 1 fully saturated rings.